The summed E-state index contributed by atoms with van der Waals surface area (Å²) in [5.74, 6) is 0.341. The molecule has 0 saturated carbocycles. The Hall–Kier alpha value is -3.80. The highest BCUT2D eigenvalue weighted by Gasteiger charge is 2.37. The van der Waals surface area contributed by atoms with Gasteiger partial charge in [-0.05, 0) is 54.2 Å². The average Bonchev–Trinajstić information content (AvgIpc) is 2.87. The van der Waals surface area contributed by atoms with Gasteiger partial charge in [0.15, 0.2) is 0 Å². The second-order valence-corrected chi connectivity index (χ2v) is 9.85. The monoisotopic (exact) mass is 488 g/mol. The lowest BCUT2D eigenvalue weighted by Crippen LogP contribution is -2.51. The zero-order valence-corrected chi connectivity index (χ0v) is 22.2. The first-order valence-electron chi connectivity index (χ1n) is 12.1. The molecule has 1 atom stereocenters. The first-order valence-corrected chi connectivity index (χ1v) is 12.1. The summed E-state index contributed by atoms with van der Waals surface area (Å²) in [5.41, 5.74) is 6.18. The van der Waals surface area contributed by atoms with E-state index in [1.54, 1.807) is 38.5 Å². The molecule has 190 valence electrons. The predicted molar refractivity (Wildman–Crippen MR) is 142 cm³/mol. The quantitative estimate of drug-likeness (QED) is 0.405. The van der Waals surface area contributed by atoms with Gasteiger partial charge in [0.1, 0.15) is 11.5 Å². The number of benzene rings is 3. The van der Waals surface area contributed by atoms with Crippen molar-refractivity contribution in [1.82, 2.24) is 10.4 Å². The largest absolute Gasteiger partial charge is 0.496 e. The molecule has 0 aliphatic heterocycles. The molecule has 2 amide bonds. The standard InChI is InChI=1S/C30H36N2O4/c1-8-21-14-16-23(17-15-21)28(33)31-32(27(30(3,4)5)22-12-10-9-11-13-22)29(34)24-18-25(35-6)20(2)26(19-24)36-7/h9-19,27H,8H2,1-7H3,(H,31,33). The van der Waals surface area contributed by atoms with Gasteiger partial charge in [0.2, 0.25) is 0 Å². The van der Waals surface area contributed by atoms with Crippen molar-refractivity contribution in [3.63, 3.8) is 0 Å². The van der Waals surface area contributed by atoms with E-state index in [1.807, 2.05) is 70.2 Å². The maximum Gasteiger partial charge on any atom is 0.273 e. The Bertz CT molecular complexity index is 1170. The molecule has 0 aliphatic rings. The summed E-state index contributed by atoms with van der Waals surface area (Å²) in [6.45, 7) is 10.1. The molecule has 0 bridgehead atoms. The number of aryl methyl sites for hydroxylation is 1. The van der Waals surface area contributed by atoms with E-state index in [4.69, 9.17) is 9.47 Å². The Morgan fingerprint density at radius 2 is 1.44 bits per heavy atom. The smallest absolute Gasteiger partial charge is 0.273 e. The first kappa shape index (κ1) is 26.8. The molecule has 0 radical (unpaired) electrons. The average molecular weight is 489 g/mol. The van der Waals surface area contributed by atoms with Crippen LogP contribution in [0.15, 0.2) is 66.7 Å². The second-order valence-electron chi connectivity index (χ2n) is 9.85. The van der Waals surface area contributed by atoms with Crippen LogP contribution in [-0.2, 0) is 6.42 Å². The minimum Gasteiger partial charge on any atom is -0.496 e. The predicted octanol–water partition coefficient (Wildman–Crippen LogP) is 6.15. The van der Waals surface area contributed by atoms with Gasteiger partial charge in [-0.15, -0.1) is 0 Å². The van der Waals surface area contributed by atoms with Crippen molar-refractivity contribution in [3.8, 4) is 11.5 Å². The summed E-state index contributed by atoms with van der Waals surface area (Å²) in [6.07, 6.45) is 0.879. The minimum atomic E-state index is -0.455. The number of hydrogen-bond acceptors (Lipinski definition) is 4. The Morgan fingerprint density at radius 1 is 0.889 bits per heavy atom. The van der Waals surface area contributed by atoms with Crippen molar-refractivity contribution in [2.45, 2.75) is 47.1 Å². The van der Waals surface area contributed by atoms with E-state index in [1.165, 1.54) is 5.01 Å². The Balaban J connectivity index is 2.12. The molecule has 0 aliphatic carbocycles. The number of methoxy groups -OCH3 is 2. The van der Waals surface area contributed by atoms with Crippen molar-refractivity contribution in [2.75, 3.05) is 14.2 Å². The van der Waals surface area contributed by atoms with Gasteiger partial charge in [-0.25, -0.2) is 5.01 Å². The molecule has 1 unspecified atom stereocenters. The summed E-state index contributed by atoms with van der Waals surface area (Å²) in [4.78, 5) is 27.5. The lowest BCUT2D eigenvalue weighted by atomic mass is 9.81. The third kappa shape index (κ3) is 5.88. The Kier molecular flexibility index (Phi) is 8.41. The molecule has 6 nitrogen and oxygen atoms in total. The maximum atomic E-state index is 14.1. The van der Waals surface area contributed by atoms with Crippen LogP contribution < -0.4 is 14.9 Å². The molecule has 6 heteroatoms. The number of carbonyl (C=O) groups is 2. The molecule has 3 aromatic rings. The molecule has 0 saturated heterocycles. The van der Waals surface area contributed by atoms with Crippen molar-refractivity contribution < 1.29 is 19.1 Å². The number of hydrazine groups is 1. The molecule has 0 fully saturated rings. The highest BCUT2D eigenvalue weighted by atomic mass is 16.5. The van der Waals surface area contributed by atoms with Gasteiger partial charge >= 0.3 is 0 Å². The topological polar surface area (TPSA) is 67.9 Å². The SMILES string of the molecule is CCc1ccc(C(=O)NN(C(=O)c2cc(OC)c(C)c(OC)c2)C(c2ccccc2)C(C)(C)C)cc1. The number of rotatable bonds is 7. The molecule has 36 heavy (non-hydrogen) atoms. The van der Waals surface area contributed by atoms with Gasteiger partial charge in [0.25, 0.3) is 11.8 Å². The zero-order chi connectivity index (χ0) is 26.5. The van der Waals surface area contributed by atoms with Crippen LogP contribution in [0.1, 0.15) is 71.1 Å². The summed E-state index contributed by atoms with van der Waals surface area (Å²) >= 11 is 0. The molecule has 1 N–H and O–H groups in total. The van der Waals surface area contributed by atoms with Crippen molar-refractivity contribution >= 4 is 11.8 Å². The van der Waals surface area contributed by atoms with Crippen molar-refractivity contribution in [2.24, 2.45) is 5.41 Å². The summed E-state index contributed by atoms with van der Waals surface area (Å²) in [5, 5.41) is 1.44. The van der Waals surface area contributed by atoms with E-state index >= 15 is 0 Å². The van der Waals surface area contributed by atoms with Crippen LogP contribution in [0.25, 0.3) is 0 Å². The number of ether oxygens (including phenoxy) is 2. The van der Waals surface area contributed by atoms with Crippen LogP contribution in [0.3, 0.4) is 0 Å². The fraction of sp³-hybridized carbons (Fsp3) is 0.333. The Morgan fingerprint density at radius 3 is 1.92 bits per heavy atom. The van der Waals surface area contributed by atoms with Crippen molar-refractivity contribution in [1.29, 1.82) is 0 Å². The lowest BCUT2D eigenvalue weighted by molar-refractivity contribution is 0.0288. The first-order chi connectivity index (χ1) is 17.1. The molecule has 3 aromatic carbocycles. The van der Waals surface area contributed by atoms with Crippen LogP contribution in [0.4, 0.5) is 0 Å². The second kappa shape index (κ2) is 11.3. The normalized spacial score (nSPS) is 12.0. The number of nitrogens with zero attached hydrogens (tertiary/aromatic N) is 1. The molecule has 0 aromatic heterocycles. The van der Waals surface area contributed by atoms with Gasteiger partial charge in [-0.2, -0.15) is 0 Å². The highest BCUT2D eigenvalue weighted by Crippen LogP contribution is 2.39. The van der Waals surface area contributed by atoms with Crippen LogP contribution >= 0.6 is 0 Å². The van der Waals surface area contributed by atoms with Crippen LogP contribution in [-0.4, -0.2) is 31.0 Å². The fourth-order valence-corrected chi connectivity index (χ4v) is 4.32. The molecule has 0 spiro atoms. The number of hydrogen-bond donors (Lipinski definition) is 1. The third-order valence-electron chi connectivity index (χ3n) is 6.26. The van der Waals surface area contributed by atoms with E-state index in [9.17, 15) is 9.59 Å². The van der Waals surface area contributed by atoms with Gasteiger partial charge in [-0.3, -0.25) is 15.0 Å². The molecule has 3 rings (SSSR count). The van der Waals surface area contributed by atoms with E-state index in [2.05, 4.69) is 12.3 Å². The summed E-state index contributed by atoms with van der Waals surface area (Å²) < 4.78 is 11.0. The van der Waals surface area contributed by atoms with Gasteiger partial charge in [0.05, 0.1) is 20.3 Å². The Labute approximate surface area is 214 Å². The van der Waals surface area contributed by atoms with E-state index in [0.717, 1.165) is 23.1 Å². The van der Waals surface area contributed by atoms with Crippen molar-refractivity contribution in [3.05, 3.63) is 94.5 Å². The van der Waals surface area contributed by atoms with Gasteiger partial charge < -0.3 is 9.47 Å². The lowest BCUT2D eigenvalue weighted by Gasteiger charge is -2.40. The molecule has 0 heterocycles. The summed E-state index contributed by atoms with van der Waals surface area (Å²) in [6, 6.07) is 20.0. The third-order valence-corrected chi connectivity index (χ3v) is 6.26. The van der Waals surface area contributed by atoms with E-state index < -0.39 is 11.5 Å². The number of amides is 2. The number of carbonyl (C=O) groups excluding carboxylic acids is 2. The fourth-order valence-electron chi connectivity index (χ4n) is 4.32. The molecular weight excluding hydrogens is 452 g/mol. The highest BCUT2D eigenvalue weighted by molar-refractivity contribution is 6.00. The van der Waals surface area contributed by atoms with Gasteiger partial charge in [0, 0.05) is 16.7 Å². The van der Waals surface area contributed by atoms with Gasteiger partial charge in [-0.1, -0.05) is 70.2 Å². The van der Waals surface area contributed by atoms with Crippen LogP contribution in [0, 0.1) is 12.3 Å². The van der Waals surface area contributed by atoms with E-state index in [0.29, 0.717) is 22.6 Å². The minimum absolute atomic E-state index is 0.348. The van der Waals surface area contributed by atoms with Crippen LogP contribution in [0.5, 0.6) is 11.5 Å². The zero-order valence-electron chi connectivity index (χ0n) is 22.2. The number of nitrogens with one attached hydrogen (secondary N) is 1. The van der Waals surface area contributed by atoms with Crippen LogP contribution in [0.2, 0.25) is 0 Å². The van der Waals surface area contributed by atoms with E-state index in [-0.39, 0.29) is 11.8 Å². The summed E-state index contributed by atoms with van der Waals surface area (Å²) in [7, 11) is 3.11. The maximum absolute atomic E-state index is 14.1. The molecular formula is C30H36N2O4.